The van der Waals surface area contributed by atoms with E-state index in [0.717, 1.165) is 3.57 Å². The van der Waals surface area contributed by atoms with Gasteiger partial charge in [0.25, 0.3) is 0 Å². The quantitative estimate of drug-likeness (QED) is 0.661. The number of anilines is 1. The van der Waals surface area contributed by atoms with Gasteiger partial charge >= 0.3 is 5.97 Å². The molecule has 5 heteroatoms. The minimum Gasteiger partial charge on any atom is -0.481 e. The molecule has 0 radical (unpaired) electrons. The molecule has 2 N–H and O–H groups in total. The van der Waals surface area contributed by atoms with Gasteiger partial charge in [-0.1, -0.05) is 12.1 Å². The maximum Gasteiger partial charge on any atom is 0.315 e. The molecule has 0 spiro atoms. The van der Waals surface area contributed by atoms with Gasteiger partial charge in [-0.15, -0.1) is 0 Å². The summed E-state index contributed by atoms with van der Waals surface area (Å²) < 4.78 is 0.876. The molecule has 0 heterocycles. The molecule has 1 amide bonds. The van der Waals surface area contributed by atoms with Crippen LogP contribution in [0.25, 0.3) is 0 Å². The summed E-state index contributed by atoms with van der Waals surface area (Å²) in [6.45, 7) is 1.35. The number of hydrogen-bond donors (Lipinski definition) is 2. The number of nitrogens with one attached hydrogen (secondary N) is 1. The maximum atomic E-state index is 11.4. The van der Waals surface area contributed by atoms with Gasteiger partial charge in [-0.2, -0.15) is 0 Å². The van der Waals surface area contributed by atoms with Gasteiger partial charge in [-0.3, -0.25) is 9.59 Å². The highest BCUT2D eigenvalue weighted by Crippen LogP contribution is 2.17. The Balaban J connectivity index is 2.75. The minimum absolute atomic E-state index is 0.508. The van der Waals surface area contributed by atoms with E-state index in [2.05, 4.69) is 27.9 Å². The van der Waals surface area contributed by atoms with E-state index in [0.29, 0.717) is 5.69 Å². The van der Waals surface area contributed by atoms with Crippen LogP contribution in [0, 0.1) is 9.49 Å². The summed E-state index contributed by atoms with van der Waals surface area (Å²) in [6.07, 6.45) is 0. The van der Waals surface area contributed by atoms with Crippen LogP contribution in [0.1, 0.15) is 6.92 Å². The number of para-hydroxylation sites is 1. The molecule has 0 aliphatic carbocycles. The van der Waals surface area contributed by atoms with E-state index in [9.17, 15) is 9.59 Å². The molecule has 0 bridgehead atoms. The fourth-order valence-corrected chi connectivity index (χ4v) is 1.44. The highest BCUT2D eigenvalue weighted by molar-refractivity contribution is 14.1. The van der Waals surface area contributed by atoms with Gasteiger partial charge in [0.15, 0.2) is 0 Å². The molecule has 0 aromatic heterocycles. The van der Waals surface area contributed by atoms with Gasteiger partial charge in [0.05, 0.1) is 5.69 Å². The number of benzene rings is 1. The Kier molecular flexibility index (Phi) is 4.07. The van der Waals surface area contributed by atoms with Crippen LogP contribution in [0.3, 0.4) is 0 Å². The van der Waals surface area contributed by atoms with Crippen LogP contribution < -0.4 is 5.32 Å². The van der Waals surface area contributed by atoms with E-state index in [4.69, 9.17) is 5.11 Å². The number of carbonyl (C=O) groups excluding carboxylic acids is 1. The molecule has 1 aromatic rings. The zero-order valence-electron chi connectivity index (χ0n) is 8.03. The SMILES string of the molecule is CC(C(=O)O)C(=O)Nc1ccccc1I. The lowest BCUT2D eigenvalue weighted by molar-refractivity contribution is -0.144. The van der Waals surface area contributed by atoms with Crippen molar-refractivity contribution in [3.05, 3.63) is 27.8 Å². The minimum atomic E-state index is -1.13. The second-order valence-electron chi connectivity index (χ2n) is 3.03. The van der Waals surface area contributed by atoms with E-state index in [1.54, 1.807) is 12.1 Å². The predicted octanol–water partition coefficient (Wildman–Crippen LogP) is 1.95. The summed E-state index contributed by atoms with van der Waals surface area (Å²) in [5.74, 6) is -2.67. The standard InChI is InChI=1S/C10H10INO3/c1-6(10(14)15)9(13)12-8-5-3-2-4-7(8)11/h2-6H,1H3,(H,12,13)(H,14,15). The van der Waals surface area contributed by atoms with Crippen molar-refractivity contribution in [1.82, 2.24) is 0 Å². The molecule has 0 fully saturated rings. The summed E-state index contributed by atoms with van der Waals surface area (Å²) in [4.78, 5) is 22.0. The molecule has 80 valence electrons. The van der Waals surface area contributed by atoms with Crippen molar-refractivity contribution in [2.45, 2.75) is 6.92 Å². The van der Waals surface area contributed by atoms with Crippen molar-refractivity contribution in [3.8, 4) is 0 Å². The third kappa shape index (κ3) is 3.19. The first kappa shape index (κ1) is 12.0. The molecule has 0 aliphatic rings. The second-order valence-corrected chi connectivity index (χ2v) is 4.19. The fourth-order valence-electron chi connectivity index (χ4n) is 0.916. The van der Waals surface area contributed by atoms with Crippen LogP contribution in [-0.4, -0.2) is 17.0 Å². The average Bonchev–Trinajstić information content (AvgIpc) is 2.20. The number of carboxylic acids is 1. The van der Waals surface area contributed by atoms with Crippen LogP contribution in [0.2, 0.25) is 0 Å². The molecular formula is C10H10INO3. The molecule has 1 aromatic carbocycles. The van der Waals surface area contributed by atoms with E-state index in [1.165, 1.54) is 6.92 Å². The monoisotopic (exact) mass is 319 g/mol. The Hall–Kier alpha value is -1.11. The first-order valence-corrected chi connectivity index (χ1v) is 5.38. The summed E-state index contributed by atoms with van der Waals surface area (Å²) >= 11 is 2.07. The van der Waals surface area contributed by atoms with Gasteiger partial charge in [0.1, 0.15) is 5.92 Å². The van der Waals surface area contributed by atoms with Gasteiger partial charge in [0.2, 0.25) is 5.91 Å². The number of rotatable bonds is 3. The summed E-state index contributed by atoms with van der Waals surface area (Å²) in [5, 5.41) is 11.2. The Morgan fingerprint density at radius 3 is 2.53 bits per heavy atom. The molecule has 4 nitrogen and oxygen atoms in total. The van der Waals surface area contributed by atoms with Crippen molar-refractivity contribution in [2.24, 2.45) is 5.92 Å². The Bertz CT molecular complexity index is 392. The first-order chi connectivity index (χ1) is 7.02. The normalized spacial score (nSPS) is 11.9. The molecule has 1 atom stereocenters. The average molecular weight is 319 g/mol. The first-order valence-electron chi connectivity index (χ1n) is 4.30. The summed E-state index contributed by atoms with van der Waals surface area (Å²) in [6, 6.07) is 7.19. The number of halogens is 1. The second kappa shape index (κ2) is 5.11. The zero-order chi connectivity index (χ0) is 11.4. The molecule has 15 heavy (non-hydrogen) atoms. The van der Waals surface area contributed by atoms with Gasteiger partial charge < -0.3 is 10.4 Å². The largest absolute Gasteiger partial charge is 0.481 e. The highest BCUT2D eigenvalue weighted by atomic mass is 127. The van der Waals surface area contributed by atoms with E-state index >= 15 is 0 Å². The summed E-state index contributed by atoms with van der Waals surface area (Å²) in [5.41, 5.74) is 0.635. The smallest absolute Gasteiger partial charge is 0.315 e. The lowest BCUT2D eigenvalue weighted by Gasteiger charge is -2.09. The molecular weight excluding hydrogens is 309 g/mol. The van der Waals surface area contributed by atoms with Crippen molar-refractivity contribution in [3.63, 3.8) is 0 Å². The number of carboxylic acid groups (broad SMARTS) is 1. The van der Waals surface area contributed by atoms with Crippen molar-refractivity contribution in [1.29, 1.82) is 0 Å². The third-order valence-corrected chi connectivity index (χ3v) is 2.84. The van der Waals surface area contributed by atoms with Crippen LogP contribution in [0.5, 0.6) is 0 Å². The lowest BCUT2D eigenvalue weighted by Crippen LogP contribution is -2.27. The number of amides is 1. The van der Waals surface area contributed by atoms with E-state index in [-0.39, 0.29) is 0 Å². The highest BCUT2D eigenvalue weighted by Gasteiger charge is 2.20. The van der Waals surface area contributed by atoms with Gasteiger partial charge in [-0.25, -0.2) is 0 Å². The molecule has 0 saturated carbocycles. The van der Waals surface area contributed by atoms with Crippen LogP contribution in [0.15, 0.2) is 24.3 Å². The van der Waals surface area contributed by atoms with Gasteiger partial charge in [-0.05, 0) is 41.6 Å². The van der Waals surface area contributed by atoms with E-state index in [1.807, 2.05) is 12.1 Å². The Labute approximate surface area is 101 Å². The third-order valence-electron chi connectivity index (χ3n) is 1.90. The van der Waals surface area contributed by atoms with Gasteiger partial charge in [0, 0.05) is 3.57 Å². The number of aliphatic carboxylic acids is 1. The molecule has 0 saturated heterocycles. The fraction of sp³-hybridized carbons (Fsp3) is 0.200. The summed E-state index contributed by atoms with van der Waals surface area (Å²) in [7, 11) is 0. The van der Waals surface area contributed by atoms with Crippen LogP contribution >= 0.6 is 22.6 Å². The van der Waals surface area contributed by atoms with Crippen molar-refractivity contribution in [2.75, 3.05) is 5.32 Å². The molecule has 1 unspecified atom stereocenters. The Morgan fingerprint density at radius 2 is 2.00 bits per heavy atom. The van der Waals surface area contributed by atoms with Crippen LogP contribution in [0.4, 0.5) is 5.69 Å². The maximum absolute atomic E-state index is 11.4. The Morgan fingerprint density at radius 1 is 1.40 bits per heavy atom. The molecule has 0 aliphatic heterocycles. The number of carbonyl (C=O) groups is 2. The molecule has 1 rings (SSSR count). The lowest BCUT2D eigenvalue weighted by atomic mass is 10.1. The predicted molar refractivity (Wildman–Crippen MR) is 64.6 cm³/mol. The van der Waals surface area contributed by atoms with E-state index < -0.39 is 17.8 Å². The van der Waals surface area contributed by atoms with Crippen LogP contribution in [-0.2, 0) is 9.59 Å². The topological polar surface area (TPSA) is 66.4 Å². The zero-order valence-corrected chi connectivity index (χ0v) is 10.2. The van der Waals surface area contributed by atoms with Crippen molar-refractivity contribution < 1.29 is 14.7 Å². The van der Waals surface area contributed by atoms with Crippen molar-refractivity contribution >= 4 is 40.2 Å². The number of hydrogen-bond acceptors (Lipinski definition) is 2.